The van der Waals surface area contributed by atoms with Crippen molar-refractivity contribution in [3.63, 3.8) is 0 Å². The number of hydrogen-bond donors (Lipinski definition) is 1. The summed E-state index contributed by atoms with van der Waals surface area (Å²) in [6.45, 7) is 0.766. The highest BCUT2D eigenvalue weighted by Crippen LogP contribution is 2.34. The minimum Gasteiger partial charge on any atom is -0.497 e. The molecule has 4 rings (SSSR count). The van der Waals surface area contributed by atoms with E-state index in [1.807, 2.05) is 30.3 Å². The van der Waals surface area contributed by atoms with E-state index in [2.05, 4.69) is 17.4 Å². The van der Waals surface area contributed by atoms with Crippen LogP contribution in [0.25, 0.3) is 10.9 Å². The van der Waals surface area contributed by atoms with E-state index in [1.54, 1.807) is 7.11 Å². The maximum absolute atomic E-state index is 6.25. The summed E-state index contributed by atoms with van der Waals surface area (Å²) in [7, 11) is 1.69. The molecule has 0 aliphatic heterocycles. The topological polar surface area (TPSA) is 34.1 Å². The minimum absolute atomic E-state index is 0.748. The molecule has 3 aromatic rings. The van der Waals surface area contributed by atoms with Crippen LogP contribution in [0.3, 0.4) is 0 Å². The van der Waals surface area contributed by atoms with Crippen molar-refractivity contribution in [3.8, 4) is 5.75 Å². The zero-order chi connectivity index (χ0) is 17.2. The molecule has 0 radical (unpaired) electrons. The molecule has 0 saturated heterocycles. The van der Waals surface area contributed by atoms with Gasteiger partial charge in [-0.1, -0.05) is 23.7 Å². The third-order valence-electron chi connectivity index (χ3n) is 4.85. The predicted octanol–water partition coefficient (Wildman–Crippen LogP) is 5.39. The summed E-state index contributed by atoms with van der Waals surface area (Å²) in [5.74, 6) is 0.877. The molecule has 25 heavy (non-hydrogen) atoms. The van der Waals surface area contributed by atoms with Gasteiger partial charge in [0.05, 0.1) is 12.6 Å². The number of rotatable bonds is 4. The molecular formula is C21H21ClN2O. The molecule has 1 aliphatic carbocycles. The first-order valence-corrected chi connectivity index (χ1v) is 9.10. The number of nitrogens with zero attached hydrogens (tertiary/aromatic N) is 1. The van der Waals surface area contributed by atoms with Gasteiger partial charge in [0.1, 0.15) is 5.75 Å². The number of methoxy groups -OCH3 is 1. The van der Waals surface area contributed by atoms with Crippen LogP contribution in [0, 0.1) is 0 Å². The summed E-state index contributed by atoms with van der Waals surface area (Å²) in [6.07, 6.45) is 4.58. The summed E-state index contributed by atoms with van der Waals surface area (Å²) in [5.41, 5.74) is 6.02. The molecule has 0 spiro atoms. The number of benzene rings is 2. The van der Waals surface area contributed by atoms with Crippen LogP contribution < -0.4 is 10.1 Å². The largest absolute Gasteiger partial charge is 0.497 e. The second-order valence-corrected chi connectivity index (χ2v) is 6.92. The Balaban J connectivity index is 1.72. The molecule has 0 unspecified atom stereocenters. The number of aryl methyl sites for hydroxylation is 1. The number of fused-ring (bicyclic) bond motifs is 2. The lowest BCUT2D eigenvalue weighted by Crippen LogP contribution is -2.11. The fraction of sp³-hybridized carbons (Fsp3) is 0.286. The molecule has 128 valence electrons. The van der Waals surface area contributed by atoms with Crippen molar-refractivity contribution in [3.05, 3.63) is 64.3 Å². The molecule has 0 fully saturated rings. The van der Waals surface area contributed by atoms with Crippen molar-refractivity contribution in [2.24, 2.45) is 0 Å². The van der Waals surface area contributed by atoms with Crippen LogP contribution in [0.2, 0.25) is 5.02 Å². The summed E-state index contributed by atoms with van der Waals surface area (Å²) in [6, 6.07) is 14.1. The number of hydrogen-bond acceptors (Lipinski definition) is 3. The van der Waals surface area contributed by atoms with Crippen LogP contribution in [0.5, 0.6) is 5.75 Å². The number of halogens is 1. The quantitative estimate of drug-likeness (QED) is 0.683. The number of nitrogens with one attached hydrogen (secondary N) is 1. The van der Waals surface area contributed by atoms with Crippen LogP contribution in [0.4, 0.5) is 5.69 Å². The lowest BCUT2D eigenvalue weighted by molar-refractivity contribution is 0.414. The van der Waals surface area contributed by atoms with Gasteiger partial charge in [0, 0.05) is 28.3 Å². The van der Waals surface area contributed by atoms with E-state index in [0.29, 0.717) is 0 Å². The molecule has 0 bridgehead atoms. The van der Waals surface area contributed by atoms with Crippen LogP contribution in [0.15, 0.2) is 42.5 Å². The molecule has 1 aliphatic rings. The Kier molecular flexibility index (Phi) is 4.50. The Morgan fingerprint density at radius 2 is 1.88 bits per heavy atom. The van der Waals surface area contributed by atoms with E-state index < -0.39 is 0 Å². The lowest BCUT2D eigenvalue weighted by atomic mass is 9.92. The summed E-state index contributed by atoms with van der Waals surface area (Å²) >= 11 is 6.25. The van der Waals surface area contributed by atoms with Gasteiger partial charge in [0.2, 0.25) is 0 Å². The fourth-order valence-electron chi connectivity index (χ4n) is 3.53. The Labute approximate surface area is 153 Å². The molecule has 1 heterocycles. The molecular weight excluding hydrogens is 332 g/mol. The van der Waals surface area contributed by atoms with Crippen LogP contribution >= 0.6 is 11.6 Å². The minimum atomic E-state index is 0.748. The Morgan fingerprint density at radius 3 is 2.68 bits per heavy atom. The third kappa shape index (κ3) is 3.29. The Morgan fingerprint density at radius 1 is 1.08 bits per heavy atom. The number of aromatic nitrogens is 1. The summed E-state index contributed by atoms with van der Waals surface area (Å²) in [4.78, 5) is 4.88. The fourth-order valence-corrected chi connectivity index (χ4v) is 3.70. The maximum Gasteiger partial charge on any atom is 0.118 e. The first-order chi connectivity index (χ1) is 12.2. The average molecular weight is 353 g/mol. The van der Waals surface area contributed by atoms with Crippen molar-refractivity contribution in [2.75, 3.05) is 12.4 Å². The van der Waals surface area contributed by atoms with Gasteiger partial charge in [-0.05, 0) is 67.1 Å². The lowest BCUT2D eigenvalue weighted by Gasteiger charge is -2.22. The van der Waals surface area contributed by atoms with Gasteiger partial charge in [-0.15, -0.1) is 0 Å². The molecule has 1 N–H and O–H groups in total. The first-order valence-electron chi connectivity index (χ1n) is 8.72. The normalized spacial score (nSPS) is 13.5. The van der Waals surface area contributed by atoms with Crippen molar-refractivity contribution in [1.82, 2.24) is 4.98 Å². The van der Waals surface area contributed by atoms with E-state index in [1.165, 1.54) is 35.3 Å². The molecule has 0 atom stereocenters. The van der Waals surface area contributed by atoms with Gasteiger partial charge in [0.15, 0.2) is 0 Å². The number of anilines is 1. The van der Waals surface area contributed by atoms with E-state index >= 15 is 0 Å². The van der Waals surface area contributed by atoms with E-state index in [9.17, 15) is 0 Å². The van der Waals surface area contributed by atoms with E-state index in [4.69, 9.17) is 21.3 Å². The predicted molar refractivity (Wildman–Crippen MR) is 104 cm³/mol. The highest BCUT2D eigenvalue weighted by atomic mass is 35.5. The van der Waals surface area contributed by atoms with Crippen LogP contribution in [0.1, 0.15) is 29.7 Å². The van der Waals surface area contributed by atoms with E-state index in [-0.39, 0.29) is 0 Å². The van der Waals surface area contributed by atoms with Crippen LogP contribution in [-0.2, 0) is 19.4 Å². The van der Waals surface area contributed by atoms with Crippen LogP contribution in [-0.4, -0.2) is 12.1 Å². The van der Waals surface area contributed by atoms with Crippen molar-refractivity contribution in [2.45, 2.75) is 32.2 Å². The second-order valence-electron chi connectivity index (χ2n) is 6.48. The highest BCUT2D eigenvalue weighted by molar-refractivity contribution is 6.31. The molecule has 1 aromatic heterocycles. The molecule has 2 aromatic carbocycles. The van der Waals surface area contributed by atoms with Gasteiger partial charge in [0.25, 0.3) is 0 Å². The smallest absolute Gasteiger partial charge is 0.118 e. The zero-order valence-corrected chi connectivity index (χ0v) is 15.1. The molecule has 3 nitrogen and oxygen atoms in total. The monoisotopic (exact) mass is 352 g/mol. The molecule has 4 heteroatoms. The second kappa shape index (κ2) is 6.93. The standard InChI is InChI=1S/C21H21ClN2O/c1-25-16-9-6-14(7-10-16)13-23-21-17-4-2-3-5-19(17)24-20-11-8-15(22)12-18(20)21/h6-12H,2-5,13H2,1H3,(H,23,24). The van der Waals surface area contributed by atoms with Crippen molar-refractivity contribution < 1.29 is 4.74 Å². The Bertz CT molecular complexity index is 906. The summed E-state index contributed by atoms with van der Waals surface area (Å²) < 4.78 is 5.23. The van der Waals surface area contributed by atoms with Gasteiger partial charge in [-0.2, -0.15) is 0 Å². The molecule has 0 amide bonds. The summed E-state index contributed by atoms with van der Waals surface area (Å²) in [5, 5.41) is 5.52. The SMILES string of the molecule is COc1ccc(CNc2c3c(nc4ccc(Cl)cc24)CCCC3)cc1. The maximum atomic E-state index is 6.25. The van der Waals surface area contributed by atoms with Crippen molar-refractivity contribution in [1.29, 1.82) is 0 Å². The number of pyridine rings is 1. The van der Waals surface area contributed by atoms with Gasteiger partial charge >= 0.3 is 0 Å². The third-order valence-corrected chi connectivity index (χ3v) is 5.09. The number of ether oxygens (including phenoxy) is 1. The first kappa shape index (κ1) is 16.2. The Hall–Kier alpha value is -2.26. The average Bonchev–Trinajstić information content (AvgIpc) is 2.66. The zero-order valence-electron chi connectivity index (χ0n) is 14.3. The molecule has 0 saturated carbocycles. The van der Waals surface area contributed by atoms with Gasteiger partial charge in [-0.25, -0.2) is 0 Å². The van der Waals surface area contributed by atoms with Gasteiger partial charge in [-0.3, -0.25) is 4.98 Å². The highest BCUT2D eigenvalue weighted by Gasteiger charge is 2.18. The van der Waals surface area contributed by atoms with Gasteiger partial charge < -0.3 is 10.1 Å². The van der Waals surface area contributed by atoms with Crippen molar-refractivity contribution >= 4 is 28.2 Å². The van der Waals surface area contributed by atoms with E-state index in [0.717, 1.165) is 41.1 Å².